The highest BCUT2D eigenvalue weighted by Crippen LogP contribution is 2.12. The zero-order valence-electron chi connectivity index (χ0n) is 10.9. The van der Waals surface area contributed by atoms with Crippen molar-refractivity contribution in [2.24, 2.45) is 5.73 Å². The van der Waals surface area contributed by atoms with E-state index in [1.165, 1.54) is 0 Å². The van der Waals surface area contributed by atoms with Crippen LogP contribution >= 0.6 is 0 Å². The van der Waals surface area contributed by atoms with Crippen molar-refractivity contribution in [3.8, 4) is 0 Å². The van der Waals surface area contributed by atoms with Crippen molar-refractivity contribution in [1.82, 2.24) is 9.88 Å². The number of pyridine rings is 1. The van der Waals surface area contributed by atoms with Crippen LogP contribution in [0.5, 0.6) is 0 Å². The molecule has 0 saturated carbocycles. The predicted molar refractivity (Wildman–Crippen MR) is 74.4 cm³/mol. The maximum atomic E-state index is 12.2. The summed E-state index contributed by atoms with van der Waals surface area (Å²) in [6, 6.07) is 11.3. The van der Waals surface area contributed by atoms with Gasteiger partial charge in [-0.3, -0.25) is 9.78 Å². The smallest absolute Gasteiger partial charge is 0.254 e. The van der Waals surface area contributed by atoms with Gasteiger partial charge < -0.3 is 10.6 Å². The van der Waals surface area contributed by atoms with Crippen LogP contribution in [0.4, 0.5) is 0 Å². The van der Waals surface area contributed by atoms with Crippen molar-refractivity contribution in [2.75, 3.05) is 7.05 Å². The van der Waals surface area contributed by atoms with Crippen LogP contribution in [0.3, 0.4) is 0 Å². The molecule has 0 radical (unpaired) electrons. The zero-order chi connectivity index (χ0) is 13.7. The minimum absolute atomic E-state index is 0.0192. The van der Waals surface area contributed by atoms with Gasteiger partial charge in [-0.1, -0.05) is 24.3 Å². The Morgan fingerprint density at radius 1 is 1.16 bits per heavy atom. The van der Waals surface area contributed by atoms with Crippen molar-refractivity contribution in [3.63, 3.8) is 0 Å². The van der Waals surface area contributed by atoms with Crippen LogP contribution in [-0.2, 0) is 13.1 Å². The molecule has 0 aliphatic rings. The van der Waals surface area contributed by atoms with Crippen LogP contribution in [0.1, 0.15) is 21.5 Å². The van der Waals surface area contributed by atoms with Crippen LogP contribution in [0.2, 0.25) is 0 Å². The summed E-state index contributed by atoms with van der Waals surface area (Å²) in [6.45, 7) is 1.03. The molecule has 19 heavy (non-hydrogen) atoms. The normalized spacial score (nSPS) is 10.2. The van der Waals surface area contributed by atoms with E-state index in [1.807, 2.05) is 24.3 Å². The van der Waals surface area contributed by atoms with Gasteiger partial charge in [0.25, 0.3) is 5.91 Å². The summed E-state index contributed by atoms with van der Waals surface area (Å²) in [7, 11) is 1.79. The second-order valence-electron chi connectivity index (χ2n) is 4.37. The summed E-state index contributed by atoms with van der Waals surface area (Å²) in [4.78, 5) is 17.8. The highest BCUT2D eigenvalue weighted by Gasteiger charge is 2.12. The van der Waals surface area contributed by atoms with Gasteiger partial charge in [-0.2, -0.15) is 0 Å². The Kier molecular flexibility index (Phi) is 4.26. The molecule has 2 N–H and O–H groups in total. The average Bonchev–Trinajstić information content (AvgIpc) is 2.48. The number of nitrogens with zero attached hydrogens (tertiary/aromatic N) is 2. The van der Waals surface area contributed by atoms with Crippen LogP contribution in [0.25, 0.3) is 0 Å². The summed E-state index contributed by atoms with van der Waals surface area (Å²) in [5.41, 5.74) is 8.49. The molecular formula is C15H17N3O. The maximum absolute atomic E-state index is 12.2. The molecule has 0 unspecified atom stereocenters. The molecule has 4 heteroatoms. The average molecular weight is 255 g/mol. The molecule has 0 aliphatic carbocycles. The van der Waals surface area contributed by atoms with Crippen LogP contribution in [0, 0.1) is 0 Å². The second-order valence-corrected chi connectivity index (χ2v) is 4.37. The number of nitrogens with two attached hydrogens (primary N) is 1. The number of hydrogen-bond donors (Lipinski definition) is 1. The number of hydrogen-bond acceptors (Lipinski definition) is 3. The molecule has 2 rings (SSSR count). The van der Waals surface area contributed by atoms with Crippen molar-refractivity contribution in [3.05, 3.63) is 65.5 Å². The summed E-state index contributed by atoms with van der Waals surface area (Å²) < 4.78 is 0. The van der Waals surface area contributed by atoms with E-state index in [0.717, 1.165) is 11.1 Å². The lowest BCUT2D eigenvalue weighted by atomic mass is 10.1. The van der Waals surface area contributed by atoms with Crippen molar-refractivity contribution in [1.29, 1.82) is 0 Å². The van der Waals surface area contributed by atoms with E-state index >= 15 is 0 Å². The highest BCUT2D eigenvalue weighted by molar-refractivity contribution is 5.93. The van der Waals surface area contributed by atoms with Gasteiger partial charge >= 0.3 is 0 Å². The van der Waals surface area contributed by atoms with Gasteiger partial charge in [-0.25, -0.2) is 0 Å². The molecule has 0 spiro atoms. The Bertz CT molecular complexity index is 554. The Morgan fingerprint density at radius 3 is 2.42 bits per heavy atom. The SMILES string of the molecule is CN(Cc1ccccc1CN)C(=O)c1ccncc1. The van der Waals surface area contributed by atoms with Crippen LogP contribution in [-0.4, -0.2) is 22.8 Å². The summed E-state index contributed by atoms with van der Waals surface area (Å²) in [5.74, 6) is -0.0192. The number of carbonyl (C=O) groups excluding carboxylic acids is 1. The second kappa shape index (κ2) is 6.11. The Hall–Kier alpha value is -2.20. The molecule has 0 fully saturated rings. The summed E-state index contributed by atoms with van der Waals surface area (Å²) in [5, 5.41) is 0. The van der Waals surface area contributed by atoms with Crippen molar-refractivity contribution >= 4 is 5.91 Å². The van der Waals surface area contributed by atoms with Crippen molar-refractivity contribution < 1.29 is 4.79 Å². The topological polar surface area (TPSA) is 59.2 Å². The fourth-order valence-electron chi connectivity index (χ4n) is 1.95. The Balaban J connectivity index is 2.13. The highest BCUT2D eigenvalue weighted by atomic mass is 16.2. The lowest BCUT2D eigenvalue weighted by Crippen LogP contribution is -2.26. The molecule has 0 atom stereocenters. The Morgan fingerprint density at radius 2 is 1.79 bits per heavy atom. The third-order valence-electron chi connectivity index (χ3n) is 3.02. The fraction of sp³-hybridized carbons (Fsp3) is 0.200. The first kappa shape index (κ1) is 13.2. The van der Waals surface area contributed by atoms with Gasteiger partial charge in [0.1, 0.15) is 0 Å². The van der Waals surface area contributed by atoms with E-state index in [-0.39, 0.29) is 5.91 Å². The third-order valence-corrected chi connectivity index (χ3v) is 3.02. The lowest BCUT2D eigenvalue weighted by Gasteiger charge is -2.19. The maximum Gasteiger partial charge on any atom is 0.254 e. The number of carbonyl (C=O) groups is 1. The Labute approximate surface area is 112 Å². The van der Waals surface area contributed by atoms with E-state index < -0.39 is 0 Å². The molecule has 1 heterocycles. The van der Waals surface area contributed by atoms with Gasteiger partial charge in [0.15, 0.2) is 0 Å². The molecule has 0 bridgehead atoms. The molecule has 4 nitrogen and oxygen atoms in total. The molecule has 98 valence electrons. The predicted octanol–water partition coefficient (Wildman–Crippen LogP) is 1.81. The third kappa shape index (κ3) is 3.17. The quantitative estimate of drug-likeness (QED) is 0.906. The fourth-order valence-corrected chi connectivity index (χ4v) is 1.95. The number of rotatable bonds is 4. The molecule has 1 aromatic heterocycles. The first-order valence-corrected chi connectivity index (χ1v) is 6.14. The van der Waals surface area contributed by atoms with Crippen LogP contribution in [0.15, 0.2) is 48.8 Å². The minimum Gasteiger partial charge on any atom is -0.337 e. The van der Waals surface area contributed by atoms with E-state index in [1.54, 1.807) is 36.5 Å². The number of amides is 1. The molecule has 0 saturated heterocycles. The van der Waals surface area contributed by atoms with Crippen LogP contribution < -0.4 is 5.73 Å². The van der Waals surface area contributed by atoms with E-state index in [2.05, 4.69) is 4.98 Å². The van der Waals surface area contributed by atoms with Gasteiger partial charge in [0.05, 0.1) is 0 Å². The summed E-state index contributed by atoms with van der Waals surface area (Å²) >= 11 is 0. The molecular weight excluding hydrogens is 238 g/mol. The monoisotopic (exact) mass is 255 g/mol. The lowest BCUT2D eigenvalue weighted by molar-refractivity contribution is 0.0784. The van der Waals surface area contributed by atoms with Gasteiger partial charge in [-0.15, -0.1) is 0 Å². The van der Waals surface area contributed by atoms with E-state index in [0.29, 0.717) is 18.7 Å². The standard InChI is InChI=1S/C15H17N3O/c1-18(15(19)12-6-8-17-9-7-12)11-14-5-3-2-4-13(14)10-16/h2-9H,10-11,16H2,1H3. The first-order valence-electron chi connectivity index (χ1n) is 6.14. The van der Waals surface area contributed by atoms with E-state index in [9.17, 15) is 4.79 Å². The van der Waals surface area contributed by atoms with E-state index in [4.69, 9.17) is 5.73 Å². The van der Waals surface area contributed by atoms with Crippen molar-refractivity contribution in [2.45, 2.75) is 13.1 Å². The van der Waals surface area contributed by atoms with Gasteiger partial charge in [0.2, 0.25) is 0 Å². The number of aromatic nitrogens is 1. The molecule has 2 aromatic rings. The summed E-state index contributed by atoms with van der Waals surface area (Å²) in [6.07, 6.45) is 3.24. The molecule has 1 aromatic carbocycles. The zero-order valence-corrected chi connectivity index (χ0v) is 10.9. The molecule has 1 amide bonds. The number of benzene rings is 1. The minimum atomic E-state index is -0.0192. The van der Waals surface area contributed by atoms with Gasteiger partial charge in [0, 0.05) is 38.1 Å². The first-order chi connectivity index (χ1) is 9.22. The molecule has 0 aliphatic heterocycles. The largest absolute Gasteiger partial charge is 0.337 e. The van der Waals surface area contributed by atoms with Gasteiger partial charge in [-0.05, 0) is 23.3 Å².